The van der Waals surface area contributed by atoms with Gasteiger partial charge in [0.15, 0.2) is 0 Å². The van der Waals surface area contributed by atoms with Crippen LogP contribution in [-0.2, 0) is 0 Å². The largest absolute Gasteiger partial charge is 0.330 e. The summed E-state index contributed by atoms with van der Waals surface area (Å²) in [5.41, 5.74) is 11.0. The predicted octanol–water partition coefficient (Wildman–Crippen LogP) is 2.41. The van der Waals surface area contributed by atoms with Crippen LogP contribution in [0.25, 0.3) is 0 Å². The highest BCUT2D eigenvalue weighted by atomic mass is 35.5. The first-order valence-corrected chi connectivity index (χ1v) is 6.98. The molecule has 0 aromatic carbocycles. The van der Waals surface area contributed by atoms with Crippen molar-refractivity contribution in [1.29, 1.82) is 0 Å². The Balaban J connectivity index is -0.000000213. The molecule has 0 unspecified atom stereocenters. The fraction of sp³-hybridized carbons (Fsp3) is 1.00. The number of rotatable bonds is 12. The van der Waals surface area contributed by atoms with Crippen LogP contribution in [0.4, 0.5) is 0 Å². The van der Waals surface area contributed by atoms with Crippen molar-refractivity contribution >= 4 is 49.6 Å². The molecule has 0 aliphatic heterocycles. The Morgan fingerprint density at radius 1 is 0.524 bits per heavy atom. The molecule has 0 aromatic heterocycles. The van der Waals surface area contributed by atoms with Crippen molar-refractivity contribution < 1.29 is 0 Å². The fourth-order valence-electron chi connectivity index (χ4n) is 1.89. The highest BCUT2D eigenvalue weighted by molar-refractivity contribution is 5.86. The van der Waals surface area contributed by atoms with Crippen LogP contribution in [0.3, 0.4) is 0 Å². The predicted molar refractivity (Wildman–Crippen MR) is 105 cm³/mol. The van der Waals surface area contributed by atoms with Crippen molar-refractivity contribution in [2.45, 2.75) is 32.1 Å². The van der Waals surface area contributed by atoms with Gasteiger partial charge in [0.25, 0.3) is 0 Å². The van der Waals surface area contributed by atoms with Crippen LogP contribution in [0.2, 0.25) is 0 Å². The van der Waals surface area contributed by atoms with Gasteiger partial charge in [0.2, 0.25) is 0 Å². The first kappa shape index (κ1) is 33.6. The third-order valence-electron chi connectivity index (χ3n) is 3.07. The van der Waals surface area contributed by atoms with Gasteiger partial charge in [0, 0.05) is 0 Å². The van der Waals surface area contributed by atoms with E-state index in [9.17, 15) is 0 Å². The molecule has 0 aliphatic carbocycles. The molecule has 0 heterocycles. The first-order valence-electron chi connectivity index (χ1n) is 6.98. The van der Waals surface area contributed by atoms with Gasteiger partial charge in [-0.1, -0.05) is 0 Å². The average Bonchev–Trinajstić information content (AvgIpc) is 2.30. The third kappa shape index (κ3) is 26.2. The summed E-state index contributed by atoms with van der Waals surface area (Å²) in [7, 11) is 4.40. The van der Waals surface area contributed by atoms with Gasteiger partial charge in [0.1, 0.15) is 0 Å². The Bertz CT molecular complexity index is 151. The number of halogens is 4. The van der Waals surface area contributed by atoms with Crippen LogP contribution in [0.1, 0.15) is 32.1 Å². The Morgan fingerprint density at radius 2 is 0.810 bits per heavy atom. The summed E-state index contributed by atoms with van der Waals surface area (Å²) in [5.74, 6) is 0. The topological polar surface area (TPSA) is 58.5 Å². The molecule has 0 radical (unpaired) electrons. The molecule has 0 saturated carbocycles. The van der Waals surface area contributed by atoms with Crippen molar-refractivity contribution in [1.82, 2.24) is 9.80 Å². The zero-order valence-electron chi connectivity index (χ0n) is 13.5. The number of hydrogen-bond acceptors (Lipinski definition) is 4. The normalized spacial score (nSPS) is 9.43. The molecule has 0 aromatic rings. The molecular formula is C13H36Cl4N4. The molecule has 0 bridgehead atoms. The molecule has 0 spiro atoms. The summed E-state index contributed by atoms with van der Waals surface area (Å²) in [6.45, 7) is 6.36. The maximum atomic E-state index is 5.48. The Morgan fingerprint density at radius 3 is 1.10 bits per heavy atom. The van der Waals surface area contributed by atoms with Gasteiger partial charge in [-0.15, -0.1) is 49.6 Å². The second-order valence-electron chi connectivity index (χ2n) is 4.95. The van der Waals surface area contributed by atoms with Gasteiger partial charge in [-0.3, -0.25) is 0 Å². The average molecular weight is 390 g/mol. The lowest BCUT2D eigenvalue weighted by Gasteiger charge is -2.20. The minimum atomic E-state index is 0. The van der Waals surface area contributed by atoms with Gasteiger partial charge < -0.3 is 21.3 Å². The molecule has 4 nitrogen and oxygen atoms in total. The molecule has 21 heavy (non-hydrogen) atoms. The fourth-order valence-corrected chi connectivity index (χ4v) is 1.89. The zero-order chi connectivity index (χ0) is 12.9. The molecule has 0 atom stereocenters. The van der Waals surface area contributed by atoms with E-state index in [1.165, 1.54) is 45.4 Å². The summed E-state index contributed by atoms with van der Waals surface area (Å²) >= 11 is 0. The molecule has 8 heteroatoms. The van der Waals surface area contributed by atoms with E-state index >= 15 is 0 Å². The maximum absolute atomic E-state index is 5.48. The van der Waals surface area contributed by atoms with Crippen LogP contribution >= 0.6 is 49.6 Å². The van der Waals surface area contributed by atoms with Crippen molar-refractivity contribution in [3.63, 3.8) is 0 Å². The molecule has 0 fully saturated rings. The van der Waals surface area contributed by atoms with E-state index in [1.54, 1.807) is 0 Å². The number of hydrogen-bond donors (Lipinski definition) is 2. The Hall–Kier alpha value is 1.00. The maximum Gasteiger partial charge on any atom is -0.000960 e. The lowest BCUT2D eigenvalue weighted by molar-refractivity contribution is 0.273. The summed E-state index contributed by atoms with van der Waals surface area (Å²) in [5, 5.41) is 0. The van der Waals surface area contributed by atoms with E-state index < -0.39 is 0 Å². The van der Waals surface area contributed by atoms with Crippen molar-refractivity contribution in [3.05, 3.63) is 0 Å². The second-order valence-corrected chi connectivity index (χ2v) is 4.95. The number of nitrogens with zero attached hydrogens (tertiary/aromatic N) is 2. The molecule has 0 saturated heterocycles. The van der Waals surface area contributed by atoms with Crippen LogP contribution < -0.4 is 11.5 Å². The van der Waals surface area contributed by atoms with E-state index in [4.69, 9.17) is 11.5 Å². The highest BCUT2D eigenvalue weighted by Gasteiger charge is 2.00. The molecule has 0 rings (SSSR count). The number of unbranched alkanes of at least 4 members (excludes halogenated alkanes) is 2. The minimum absolute atomic E-state index is 0. The third-order valence-corrected chi connectivity index (χ3v) is 3.07. The van der Waals surface area contributed by atoms with Gasteiger partial charge >= 0.3 is 0 Å². The van der Waals surface area contributed by atoms with Crippen LogP contribution in [-0.4, -0.2) is 63.2 Å². The van der Waals surface area contributed by atoms with E-state index in [-0.39, 0.29) is 49.6 Å². The van der Waals surface area contributed by atoms with E-state index in [0.29, 0.717) is 0 Å². The first-order chi connectivity index (χ1) is 8.20. The monoisotopic (exact) mass is 388 g/mol. The van der Waals surface area contributed by atoms with Gasteiger partial charge in [0.05, 0.1) is 0 Å². The second kappa shape index (κ2) is 25.9. The highest BCUT2D eigenvalue weighted by Crippen LogP contribution is 1.96. The summed E-state index contributed by atoms with van der Waals surface area (Å²) < 4.78 is 0. The quantitative estimate of drug-likeness (QED) is 0.503. The van der Waals surface area contributed by atoms with Gasteiger partial charge in [-0.25, -0.2) is 0 Å². The van der Waals surface area contributed by atoms with E-state index in [1.807, 2.05) is 0 Å². The van der Waals surface area contributed by atoms with Crippen molar-refractivity contribution in [2.24, 2.45) is 11.5 Å². The lowest BCUT2D eigenvalue weighted by Crippen LogP contribution is -2.27. The molecule has 0 aliphatic rings. The number of nitrogens with two attached hydrogens (primary N) is 2. The van der Waals surface area contributed by atoms with Crippen molar-refractivity contribution in [2.75, 3.05) is 53.4 Å². The molecule has 136 valence electrons. The molecule has 0 amide bonds. The van der Waals surface area contributed by atoms with Gasteiger partial charge in [-0.2, -0.15) is 0 Å². The lowest BCUT2D eigenvalue weighted by atomic mass is 10.2. The summed E-state index contributed by atoms with van der Waals surface area (Å²) in [4.78, 5) is 4.81. The van der Waals surface area contributed by atoms with E-state index in [2.05, 4.69) is 23.9 Å². The minimum Gasteiger partial charge on any atom is -0.330 e. The van der Waals surface area contributed by atoms with Crippen molar-refractivity contribution in [3.8, 4) is 0 Å². The molecular weight excluding hydrogens is 354 g/mol. The van der Waals surface area contributed by atoms with E-state index in [0.717, 1.165) is 25.9 Å². The Labute approximate surface area is 156 Å². The van der Waals surface area contributed by atoms with Crippen LogP contribution in [0.15, 0.2) is 0 Å². The standard InChI is InChI=1S/C13H32N4.4ClH/c1-16(10-5-3-8-14)12-7-13-17(2)11-6-4-9-15;;;;/h3-15H2,1-2H3;4*1H. The Kier molecular flexibility index (Phi) is 41.4. The van der Waals surface area contributed by atoms with Gasteiger partial charge in [-0.05, 0) is 85.5 Å². The SMILES string of the molecule is CN(CCCCN)CCCN(C)CCCCN.Cl.Cl.Cl.Cl. The summed E-state index contributed by atoms with van der Waals surface area (Å²) in [6, 6.07) is 0. The smallest absolute Gasteiger partial charge is 0.000960 e. The molecule has 4 N–H and O–H groups in total. The van der Waals surface area contributed by atoms with Crippen LogP contribution in [0, 0.1) is 0 Å². The van der Waals surface area contributed by atoms with Crippen LogP contribution in [0.5, 0.6) is 0 Å². The summed E-state index contributed by atoms with van der Waals surface area (Å²) in [6.07, 6.45) is 5.98. The zero-order valence-corrected chi connectivity index (χ0v) is 16.7.